The largest absolute Gasteiger partial charge is 0.490 e. The van der Waals surface area contributed by atoms with Crippen molar-refractivity contribution in [3.05, 3.63) is 0 Å². The maximum Gasteiger partial charge on any atom is 0.490 e. The third-order valence-electron chi connectivity index (χ3n) is 10.3. The lowest BCUT2D eigenvalue weighted by molar-refractivity contribution is -0.201. The van der Waals surface area contributed by atoms with Gasteiger partial charge in [-0.25, -0.2) is 24.0 Å². The van der Waals surface area contributed by atoms with E-state index in [0.717, 1.165) is 0 Å². The Morgan fingerprint density at radius 1 is 0.309 bits per heavy atom. The average Bonchev–Trinajstić information content (AvgIpc) is 3.38. The third kappa shape index (κ3) is 43.3. The van der Waals surface area contributed by atoms with Gasteiger partial charge in [-0.1, -0.05) is 48.5 Å². The molecule has 0 radical (unpaired) electrons. The molecule has 0 bridgehead atoms. The Hall–Kier alpha value is -6.14. The zero-order valence-corrected chi connectivity index (χ0v) is 47.6. The third-order valence-corrected chi connectivity index (χ3v) is 10.3. The first kappa shape index (κ1) is 83.7. The Kier molecular flexibility index (Phi) is 43.2. The molecule has 0 heterocycles. The molecule has 32 heteroatoms. The van der Waals surface area contributed by atoms with Crippen molar-refractivity contribution in [2.75, 3.05) is 66.1 Å². The molecular weight excluding hydrogens is 1140 g/mol. The Balaban J connectivity index is -0.000000297. The fourth-order valence-electron chi connectivity index (χ4n) is 3.43. The van der Waals surface area contributed by atoms with Gasteiger partial charge in [0.15, 0.2) is 0 Å². The van der Waals surface area contributed by atoms with Crippen molar-refractivity contribution in [2.45, 2.75) is 160 Å². The lowest BCUT2D eigenvalue weighted by Crippen LogP contribution is -2.30. The minimum Gasteiger partial charge on any atom is -0.462 e. The van der Waals surface area contributed by atoms with Crippen LogP contribution in [0.5, 0.6) is 0 Å². The van der Waals surface area contributed by atoms with Crippen LogP contribution in [0.4, 0.5) is 52.7 Å². The summed E-state index contributed by atoms with van der Waals surface area (Å²) >= 11 is 0. The number of rotatable bonds is 28. The molecule has 0 aliphatic carbocycles. The molecule has 0 amide bonds. The highest BCUT2D eigenvalue weighted by molar-refractivity contribution is 5.79. The zero-order chi connectivity index (χ0) is 64.8. The van der Waals surface area contributed by atoms with E-state index in [9.17, 15) is 101 Å². The first-order valence-corrected chi connectivity index (χ1v) is 24.6. The van der Waals surface area contributed by atoms with E-state index in [1.165, 1.54) is 0 Å². The molecule has 81 heavy (non-hydrogen) atoms. The molecule has 2 unspecified atom stereocenters. The summed E-state index contributed by atoms with van der Waals surface area (Å²) in [6.45, 7) is 19.3. The van der Waals surface area contributed by atoms with Gasteiger partial charge in [-0.05, 0) is 73.6 Å². The van der Waals surface area contributed by atoms with Gasteiger partial charge in [-0.2, -0.15) is 52.7 Å². The molecule has 0 fully saturated rings. The Morgan fingerprint density at radius 3 is 0.667 bits per heavy atom. The van der Waals surface area contributed by atoms with Crippen LogP contribution < -0.4 is 0 Å². The number of carbonyl (C=O) groups is 10. The first-order chi connectivity index (χ1) is 36.8. The second kappa shape index (κ2) is 41.8. The van der Waals surface area contributed by atoms with Crippen LogP contribution in [0.3, 0.4) is 0 Å². The maximum absolute atomic E-state index is 12.4. The standard InChI is InChI=1S/C11H18F2O4.C10H15F3O4.C10H16F2O4.C9H13F3O4.C9H14F2O4/c1-5-10(2,3)8(14)16-6-7-17-9(15)11(4,12)13;1-4-9(2,3)7(14)16-5-6-17-8(15)10(11,12)13;1-4-10(2,3)9(14)16-6-5-15-8(13)7(11)12;1-3-6(2)7(13)15-4-5-16-8(14)9(10,11)12;1-3-6(2)8(12)14-4-5-15-9(13)7(10)11/h5-7H2,1-4H3;4-6H2,1-3H3;7H,4-6H2,1-3H3;6H,3-5H2,1-2H3;6-7H,3-5H2,1-2H3. The number of hydrogen-bond donors (Lipinski definition) is 0. The minimum absolute atomic E-state index is 0.193. The molecule has 0 spiro atoms. The number of carbonyl (C=O) groups excluding carboxylic acids is 10. The molecule has 0 aliphatic heterocycles. The first-order valence-electron chi connectivity index (χ1n) is 24.6. The van der Waals surface area contributed by atoms with E-state index >= 15 is 0 Å². The van der Waals surface area contributed by atoms with Crippen molar-refractivity contribution in [3.63, 3.8) is 0 Å². The highest BCUT2D eigenvalue weighted by Gasteiger charge is 2.42. The molecular formula is C49H76F12O20. The molecule has 0 aromatic carbocycles. The molecule has 476 valence electrons. The van der Waals surface area contributed by atoms with E-state index in [1.807, 2.05) is 20.8 Å². The number of esters is 10. The molecule has 2 atom stereocenters. The normalized spacial score (nSPS) is 12.2. The van der Waals surface area contributed by atoms with E-state index in [0.29, 0.717) is 39.0 Å². The van der Waals surface area contributed by atoms with E-state index in [4.69, 9.17) is 9.47 Å². The van der Waals surface area contributed by atoms with Gasteiger partial charge in [0.05, 0.1) is 28.1 Å². The molecule has 0 N–H and O–H groups in total. The molecule has 20 nitrogen and oxygen atoms in total. The monoisotopic (exact) mass is 1210 g/mol. The predicted octanol–water partition coefficient (Wildman–Crippen LogP) is 9.07. The summed E-state index contributed by atoms with van der Waals surface area (Å²) < 4.78 is 185. The summed E-state index contributed by atoms with van der Waals surface area (Å²) in [5.74, 6) is -15.9. The van der Waals surface area contributed by atoms with Crippen LogP contribution >= 0.6 is 0 Å². The number of ether oxygens (including phenoxy) is 10. The van der Waals surface area contributed by atoms with Crippen LogP contribution in [0.15, 0.2) is 0 Å². The SMILES string of the molecule is CCC(C)(C)C(=O)OCCOC(=O)C(C)(F)F.CCC(C)(C)C(=O)OCCOC(=O)C(F)(F)F.CCC(C)(C)C(=O)OCCOC(=O)C(F)F.CCC(C)C(=O)OCCOC(=O)C(F)(F)F.CCC(C)C(=O)OCCOC(=O)C(F)F. The summed E-state index contributed by atoms with van der Waals surface area (Å²) in [6.07, 6.45) is -13.4. The zero-order valence-electron chi connectivity index (χ0n) is 47.6. The van der Waals surface area contributed by atoms with Crippen molar-refractivity contribution >= 4 is 59.7 Å². The van der Waals surface area contributed by atoms with Gasteiger partial charge in [0.25, 0.3) is 0 Å². The van der Waals surface area contributed by atoms with Gasteiger partial charge in [0, 0.05) is 6.92 Å². The summed E-state index contributed by atoms with van der Waals surface area (Å²) in [7, 11) is 0. The lowest BCUT2D eigenvalue weighted by Gasteiger charge is -2.20. The van der Waals surface area contributed by atoms with Gasteiger partial charge in [-0.15, -0.1) is 0 Å². The Morgan fingerprint density at radius 2 is 0.494 bits per heavy atom. The highest BCUT2D eigenvalue weighted by Crippen LogP contribution is 2.24. The summed E-state index contributed by atoms with van der Waals surface area (Å²) in [4.78, 5) is 108. The maximum atomic E-state index is 12.4. The average molecular weight is 1210 g/mol. The van der Waals surface area contributed by atoms with E-state index in [-0.39, 0.29) is 64.7 Å². The Labute approximate surface area is 461 Å². The molecule has 0 aliphatic rings. The van der Waals surface area contributed by atoms with Gasteiger partial charge in [0.1, 0.15) is 66.1 Å². The topological polar surface area (TPSA) is 263 Å². The van der Waals surface area contributed by atoms with Crippen molar-refractivity contribution < 1.29 is 148 Å². The van der Waals surface area contributed by atoms with E-state index < -0.39 is 120 Å². The molecule has 0 aromatic rings. The van der Waals surface area contributed by atoms with Crippen molar-refractivity contribution in [3.8, 4) is 0 Å². The molecule has 0 aromatic heterocycles. The molecule has 0 saturated heterocycles. The van der Waals surface area contributed by atoms with Gasteiger partial charge >= 0.3 is 90.8 Å². The quantitative estimate of drug-likeness (QED) is 0.0306. The number of halogens is 12. The van der Waals surface area contributed by atoms with Crippen molar-refractivity contribution in [1.29, 1.82) is 0 Å². The smallest absolute Gasteiger partial charge is 0.462 e. The van der Waals surface area contributed by atoms with Crippen LogP contribution in [0, 0.1) is 28.1 Å². The second-order valence-electron chi connectivity index (χ2n) is 18.3. The van der Waals surface area contributed by atoms with Crippen LogP contribution in [-0.2, 0) is 95.3 Å². The van der Waals surface area contributed by atoms with Crippen LogP contribution in [0.2, 0.25) is 0 Å². The predicted molar refractivity (Wildman–Crippen MR) is 255 cm³/mol. The minimum atomic E-state index is -5.02. The molecule has 0 rings (SSSR count). The van der Waals surface area contributed by atoms with Crippen LogP contribution in [-0.4, -0.2) is 157 Å². The van der Waals surface area contributed by atoms with Crippen molar-refractivity contribution in [1.82, 2.24) is 0 Å². The fourth-order valence-corrected chi connectivity index (χ4v) is 3.43. The van der Waals surface area contributed by atoms with E-state index in [1.54, 1.807) is 69.2 Å². The van der Waals surface area contributed by atoms with Gasteiger partial charge in [-0.3, -0.25) is 24.0 Å². The molecule has 0 saturated carbocycles. The lowest BCUT2D eigenvalue weighted by atomic mass is 9.91. The summed E-state index contributed by atoms with van der Waals surface area (Å²) in [5, 5.41) is 0. The summed E-state index contributed by atoms with van der Waals surface area (Å²) in [5.41, 5.74) is -1.94. The van der Waals surface area contributed by atoms with Crippen LogP contribution in [0.1, 0.15) is 129 Å². The van der Waals surface area contributed by atoms with E-state index in [2.05, 4.69) is 37.9 Å². The highest BCUT2D eigenvalue weighted by atomic mass is 19.4. The van der Waals surface area contributed by atoms with Crippen LogP contribution in [0.25, 0.3) is 0 Å². The van der Waals surface area contributed by atoms with Crippen molar-refractivity contribution in [2.24, 2.45) is 28.1 Å². The Bertz CT molecular complexity index is 1840. The number of hydrogen-bond acceptors (Lipinski definition) is 20. The second-order valence-corrected chi connectivity index (χ2v) is 18.3. The summed E-state index contributed by atoms with van der Waals surface area (Å²) in [6, 6.07) is 0. The van der Waals surface area contributed by atoms with Gasteiger partial charge in [0.2, 0.25) is 0 Å². The number of alkyl halides is 12. The van der Waals surface area contributed by atoms with Gasteiger partial charge < -0.3 is 47.4 Å². The fraction of sp³-hybridized carbons (Fsp3) is 0.796.